The van der Waals surface area contributed by atoms with E-state index in [1.807, 2.05) is 54.7 Å². The lowest BCUT2D eigenvalue weighted by molar-refractivity contribution is -0.121. The first-order valence-corrected chi connectivity index (χ1v) is 12.3. The van der Waals surface area contributed by atoms with Crippen LogP contribution in [0.3, 0.4) is 0 Å². The lowest BCUT2D eigenvalue weighted by atomic mass is 9.78. The number of nitrogens with one attached hydrogen (secondary N) is 1. The Bertz CT molecular complexity index is 1130. The third-order valence-corrected chi connectivity index (χ3v) is 7.72. The first-order valence-electron chi connectivity index (χ1n) is 11.5. The van der Waals surface area contributed by atoms with Crippen molar-refractivity contribution in [1.82, 2.24) is 4.98 Å². The number of thiazole rings is 1. The van der Waals surface area contributed by atoms with Crippen LogP contribution in [0.15, 0.2) is 53.5 Å². The minimum Gasteiger partial charge on any atom is -0.302 e. The summed E-state index contributed by atoms with van der Waals surface area (Å²) in [6, 6.07) is 15.6. The van der Waals surface area contributed by atoms with E-state index in [4.69, 9.17) is 0 Å². The molecule has 1 fully saturated rings. The zero-order valence-corrected chi connectivity index (χ0v) is 18.8. The molecule has 32 heavy (non-hydrogen) atoms. The van der Waals surface area contributed by atoms with E-state index in [0.29, 0.717) is 17.5 Å². The summed E-state index contributed by atoms with van der Waals surface area (Å²) < 4.78 is 1.09. The maximum absolute atomic E-state index is 12.7. The monoisotopic (exact) mass is 445 g/mol. The van der Waals surface area contributed by atoms with Gasteiger partial charge in [-0.3, -0.25) is 14.6 Å². The lowest BCUT2D eigenvalue weighted by Gasteiger charge is -2.28. The highest BCUT2D eigenvalue weighted by molar-refractivity contribution is 7.22. The maximum atomic E-state index is 12.7. The Hall–Kier alpha value is -2.86. The van der Waals surface area contributed by atoms with Crippen LogP contribution in [-0.2, 0) is 4.79 Å². The Morgan fingerprint density at radius 2 is 1.78 bits per heavy atom. The standard InChI is InChI=1S/C26H27N3O2S/c30-23-15-18(16-27-21-6-2-1-5-20(21)23)10-9-17-11-13-19(14-12-17)25(31)29-26-28-22-7-3-4-8-24(22)32-26/h1-8,16-19H,9-15H2,(H,28,29,31). The number of carbonyl (C=O) groups excluding carboxylic acids is 2. The quantitative estimate of drug-likeness (QED) is 0.492. The largest absolute Gasteiger partial charge is 0.302 e. The molecule has 164 valence electrons. The molecule has 3 aromatic rings. The molecule has 2 heterocycles. The molecular formula is C26H27N3O2S. The SMILES string of the molecule is O=C1CC(CCC2CCC(C(=O)Nc3nc4ccccc4s3)CC2)C=Nc2ccccc21. The number of amides is 1. The number of para-hydroxylation sites is 2. The Morgan fingerprint density at radius 1 is 1.00 bits per heavy atom. The summed E-state index contributed by atoms with van der Waals surface area (Å²) in [4.78, 5) is 34.4. The van der Waals surface area contributed by atoms with Gasteiger partial charge in [0.05, 0.1) is 15.9 Å². The number of rotatable bonds is 5. The second-order valence-corrected chi connectivity index (χ2v) is 9.98. The molecule has 0 saturated heterocycles. The molecule has 1 aromatic heterocycles. The summed E-state index contributed by atoms with van der Waals surface area (Å²) in [5.74, 6) is 1.18. The van der Waals surface area contributed by atoms with Gasteiger partial charge >= 0.3 is 0 Å². The number of Topliss-reactive ketones (excluding diaryl/α,β-unsaturated/α-hetero) is 1. The summed E-state index contributed by atoms with van der Waals surface area (Å²) in [5.41, 5.74) is 2.46. The van der Waals surface area contributed by atoms with Gasteiger partial charge < -0.3 is 5.32 Å². The summed E-state index contributed by atoms with van der Waals surface area (Å²) in [6.07, 6.45) is 8.56. The van der Waals surface area contributed by atoms with E-state index < -0.39 is 0 Å². The van der Waals surface area contributed by atoms with E-state index >= 15 is 0 Å². The van der Waals surface area contributed by atoms with Crippen molar-refractivity contribution in [2.24, 2.45) is 22.7 Å². The minimum atomic E-state index is 0.0637. The number of hydrogen-bond donors (Lipinski definition) is 1. The third-order valence-electron chi connectivity index (χ3n) is 6.76. The highest BCUT2D eigenvalue weighted by atomic mass is 32.1. The van der Waals surface area contributed by atoms with Crippen molar-refractivity contribution in [3.8, 4) is 0 Å². The van der Waals surface area contributed by atoms with Crippen LogP contribution in [-0.4, -0.2) is 22.9 Å². The molecule has 1 aliphatic heterocycles. The molecule has 0 bridgehead atoms. The highest BCUT2D eigenvalue weighted by Gasteiger charge is 2.28. The van der Waals surface area contributed by atoms with Gasteiger partial charge in [-0.15, -0.1) is 0 Å². The number of hydrogen-bond acceptors (Lipinski definition) is 5. The van der Waals surface area contributed by atoms with Crippen LogP contribution >= 0.6 is 11.3 Å². The van der Waals surface area contributed by atoms with E-state index in [0.717, 1.165) is 60.0 Å². The highest BCUT2D eigenvalue weighted by Crippen LogP contribution is 2.35. The lowest BCUT2D eigenvalue weighted by Crippen LogP contribution is -2.27. The van der Waals surface area contributed by atoms with Gasteiger partial charge in [0.2, 0.25) is 5.91 Å². The van der Waals surface area contributed by atoms with Gasteiger partial charge in [-0.05, 0) is 68.7 Å². The fourth-order valence-corrected chi connectivity index (χ4v) is 5.75. The zero-order valence-electron chi connectivity index (χ0n) is 18.0. The number of aromatic nitrogens is 1. The third kappa shape index (κ3) is 4.65. The van der Waals surface area contributed by atoms with Crippen LogP contribution in [0, 0.1) is 17.8 Å². The van der Waals surface area contributed by atoms with Gasteiger partial charge in [0.15, 0.2) is 10.9 Å². The summed E-state index contributed by atoms with van der Waals surface area (Å²) in [6.45, 7) is 0. The zero-order chi connectivity index (χ0) is 21.9. The Morgan fingerprint density at radius 3 is 2.62 bits per heavy atom. The van der Waals surface area contributed by atoms with E-state index in [2.05, 4.69) is 15.3 Å². The smallest absolute Gasteiger partial charge is 0.229 e. The molecule has 5 rings (SSSR count). The molecule has 6 heteroatoms. The van der Waals surface area contributed by atoms with Crippen LogP contribution in [0.2, 0.25) is 0 Å². The Balaban J connectivity index is 1.10. The van der Waals surface area contributed by atoms with Crippen molar-refractivity contribution in [3.05, 3.63) is 54.1 Å². The number of anilines is 1. The number of nitrogens with zero attached hydrogens (tertiary/aromatic N) is 2. The van der Waals surface area contributed by atoms with Crippen LogP contribution in [0.1, 0.15) is 55.3 Å². The fourth-order valence-electron chi connectivity index (χ4n) is 4.88. The van der Waals surface area contributed by atoms with Crippen LogP contribution in [0.5, 0.6) is 0 Å². The molecule has 1 saturated carbocycles. The predicted octanol–water partition coefficient (Wildman–Crippen LogP) is 6.43. The van der Waals surface area contributed by atoms with E-state index in [1.165, 1.54) is 11.3 Å². The predicted molar refractivity (Wildman–Crippen MR) is 130 cm³/mol. The second-order valence-electron chi connectivity index (χ2n) is 8.95. The topological polar surface area (TPSA) is 71.4 Å². The Labute approximate surface area is 192 Å². The van der Waals surface area contributed by atoms with Crippen molar-refractivity contribution in [1.29, 1.82) is 0 Å². The van der Waals surface area contributed by atoms with Crippen LogP contribution in [0.4, 0.5) is 10.8 Å². The molecular weight excluding hydrogens is 418 g/mol. The number of aliphatic imine (C=N–C) groups is 1. The molecule has 2 aromatic carbocycles. The van der Waals surface area contributed by atoms with E-state index in [-0.39, 0.29) is 23.5 Å². The van der Waals surface area contributed by atoms with Gasteiger partial charge in [-0.25, -0.2) is 4.98 Å². The molecule has 5 nitrogen and oxygen atoms in total. The average molecular weight is 446 g/mol. The number of ketones is 1. The first-order chi connectivity index (χ1) is 15.7. The Kier molecular flexibility index (Phi) is 6.12. The second kappa shape index (κ2) is 9.33. The number of benzene rings is 2. The first kappa shape index (κ1) is 21.0. The number of carbonyl (C=O) groups is 2. The summed E-state index contributed by atoms with van der Waals surface area (Å²) in [7, 11) is 0. The van der Waals surface area contributed by atoms with Gasteiger partial charge in [0.25, 0.3) is 0 Å². The van der Waals surface area contributed by atoms with Gasteiger partial charge in [0, 0.05) is 30.0 Å². The maximum Gasteiger partial charge on any atom is 0.229 e. The molecule has 1 unspecified atom stereocenters. The van der Waals surface area contributed by atoms with Gasteiger partial charge in [0.1, 0.15) is 0 Å². The normalized spacial score (nSPS) is 23.0. The molecule has 1 amide bonds. The minimum absolute atomic E-state index is 0.0637. The van der Waals surface area contributed by atoms with Crippen LogP contribution < -0.4 is 5.32 Å². The summed E-state index contributed by atoms with van der Waals surface area (Å²) in [5, 5.41) is 3.73. The molecule has 0 radical (unpaired) electrons. The van der Waals surface area contributed by atoms with Crippen molar-refractivity contribution < 1.29 is 9.59 Å². The fraction of sp³-hybridized carbons (Fsp3) is 0.385. The van der Waals surface area contributed by atoms with Gasteiger partial charge in [-0.1, -0.05) is 35.6 Å². The molecule has 1 atom stereocenters. The molecule has 1 aliphatic carbocycles. The van der Waals surface area contributed by atoms with Crippen molar-refractivity contribution in [3.63, 3.8) is 0 Å². The van der Waals surface area contributed by atoms with E-state index in [9.17, 15) is 9.59 Å². The van der Waals surface area contributed by atoms with Crippen molar-refractivity contribution >= 4 is 50.3 Å². The molecule has 1 N–H and O–H groups in total. The number of fused-ring (bicyclic) bond motifs is 2. The summed E-state index contributed by atoms with van der Waals surface area (Å²) >= 11 is 1.53. The molecule has 0 spiro atoms. The average Bonchev–Trinajstić information content (AvgIpc) is 3.15. The van der Waals surface area contributed by atoms with E-state index in [1.54, 1.807) is 0 Å². The van der Waals surface area contributed by atoms with Crippen molar-refractivity contribution in [2.45, 2.75) is 44.9 Å². The van der Waals surface area contributed by atoms with Crippen LogP contribution in [0.25, 0.3) is 10.2 Å². The molecule has 2 aliphatic rings. The van der Waals surface area contributed by atoms with Gasteiger partial charge in [-0.2, -0.15) is 0 Å². The van der Waals surface area contributed by atoms with Crippen molar-refractivity contribution in [2.75, 3.05) is 5.32 Å².